The van der Waals surface area contributed by atoms with Crippen molar-refractivity contribution in [3.05, 3.63) is 12.1 Å². The molecule has 1 heteroatoms. The Kier molecular flexibility index (Phi) is 2.05. The molecule has 0 aromatic heterocycles. The molecule has 0 amide bonds. The van der Waals surface area contributed by atoms with Crippen molar-refractivity contribution in [3.63, 3.8) is 0 Å². The average molecular weight is 94.0 g/mol. The summed E-state index contributed by atoms with van der Waals surface area (Å²) >= 11 is 0. The van der Waals surface area contributed by atoms with Crippen LogP contribution in [-0.2, 0) is 0 Å². The Morgan fingerprint density at radius 2 is 2.29 bits per heavy atom. The molecule has 0 spiro atoms. The van der Waals surface area contributed by atoms with Crippen LogP contribution in [0, 0.1) is 0 Å². The van der Waals surface area contributed by atoms with Gasteiger partial charge >= 0.3 is 0 Å². The lowest BCUT2D eigenvalue weighted by Crippen LogP contribution is -1.77. The molecule has 1 aliphatic rings. The van der Waals surface area contributed by atoms with Gasteiger partial charge in [0.1, 0.15) is 7.28 Å². The molecular formula is C6H11B. The van der Waals surface area contributed by atoms with Crippen molar-refractivity contribution >= 4 is 7.28 Å². The van der Waals surface area contributed by atoms with Gasteiger partial charge in [0.2, 0.25) is 0 Å². The van der Waals surface area contributed by atoms with Gasteiger partial charge in [0.05, 0.1) is 0 Å². The molecule has 0 aromatic carbocycles. The number of hydrogen-bond donors (Lipinski definition) is 0. The van der Waals surface area contributed by atoms with Crippen LogP contribution in [0.5, 0.6) is 0 Å². The first-order valence-electron chi connectivity index (χ1n) is 3.15. The summed E-state index contributed by atoms with van der Waals surface area (Å²) in [6.07, 6.45) is 7.88. The molecule has 0 saturated heterocycles. The van der Waals surface area contributed by atoms with Gasteiger partial charge in [-0.2, -0.15) is 0 Å². The SMILES string of the molecule is B1C=CCCCC1. The van der Waals surface area contributed by atoms with Crippen molar-refractivity contribution in [2.45, 2.75) is 25.6 Å². The fourth-order valence-electron chi connectivity index (χ4n) is 0.937. The molecule has 0 saturated carbocycles. The van der Waals surface area contributed by atoms with Crippen LogP contribution in [0.4, 0.5) is 0 Å². The maximum absolute atomic E-state index is 2.30. The summed E-state index contributed by atoms with van der Waals surface area (Å²) in [4.78, 5) is 0. The third-order valence-corrected chi connectivity index (χ3v) is 1.41. The van der Waals surface area contributed by atoms with Gasteiger partial charge in [-0.05, 0) is 6.42 Å². The number of rotatable bonds is 0. The Hall–Kier alpha value is -0.195. The van der Waals surface area contributed by atoms with Gasteiger partial charge in [-0.3, -0.25) is 0 Å². The smallest absolute Gasteiger partial charge is 0.123 e. The van der Waals surface area contributed by atoms with Crippen LogP contribution in [-0.4, -0.2) is 7.28 Å². The van der Waals surface area contributed by atoms with Gasteiger partial charge in [0.25, 0.3) is 0 Å². The maximum atomic E-state index is 2.30. The first-order valence-corrected chi connectivity index (χ1v) is 3.15. The zero-order valence-electron chi connectivity index (χ0n) is 4.69. The van der Waals surface area contributed by atoms with Gasteiger partial charge in [-0.1, -0.05) is 25.2 Å². The summed E-state index contributed by atoms with van der Waals surface area (Å²) in [5, 5.41) is 0. The van der Waals surface area contributed by atoms with Crippen molar-refractivity contribution in [1.29, 1.82) is 0 Å². The van der Waals surface area contributed by atoms with E-state index in [1.807, 2.05) is 0 Å². The minimum absolute atomic E-state index is 1.32. The Balaban J connectivity index is 2.20. The molecule has 0 nitrogen and oxygen atoms in total. The van der Waals surface area contributed by atoms with Crippen LogP contribution in [0.2, 0.25) is 6.32 Å². The zero-order chi connectivity index (χ0) is 4.95. The van der Waals surface area contributed by atoms with Crippen LogP contribution in [0.25, 0.3) is 0 Å². The molecule has 38 valence electrons. The molecule has 0 N–H and O–H groups in total. The van der Waals surface area contributed by atoms with E-state index < -0.39 is 0 Å². The molecule has 0 unspecified atom stereocenters. The van der Waals surface area contributed by atoms with E-state index in [0.29, 0.717) is 0 Å². The molecule has 1 heterocycles. The summed E-state index contributed by atoms with van der Waals surface area (Å²) < 4.78 is 0. The summed E-state index contributed by atoms with van der Waals surface area (Å²) in [6.45, 7) is 0. The van der Waals surface area contributed by atoms with Crippen molar-refractivity contribution in [1.82, 2.24) is 0 Å². The average Bonchev–Trinajstić information content (AvgIpc) is 1.90. The lowest BCUT2D eigenvalue weighted by Gasteiger charge is -1.85. The number of hydrogen-bond acceptors (Lipinski definition) is 0. The first kappa shape index (κ1) is 4.95. The van der Waals surface area contributed by atoms with E-state index in [1.54, 1.807) is 0 Å². The monoisotopic (exact) mass is 94.1 g/mol. The maximum Gasteiger partial charge on any atom is 0.147 e. The van der Waals surface area contributed by atoms with Crippen molar-refractivity contribution in [2.24, 2.45) is 0 Å². The Morgan fingerprint density at radius 1 is 1.29 bits per heavy atom. The van der Waals surface area contributed by atoms with Crippen LogP contribution < -0.4 is 0 Å². The normalized spacial score (nSPS) is 20.6. The van der Waals surface area contributed by atoms with Crippen molar-refractivity contribution in [3.8, 4) is 0 Å². The summed E-state index contributed by atoms with van der Waals surface area (Å²) in [6, 6.07) is 0. The van der Waals surface area contributed by atoms with E-state index in [2.05, 4.69) is 12.1 Å². The first-order chi connectivity index (χ1) is 3.50. The standard InChI is InChI=1S/C6H11B/c1-2-4-6-7-5-3-1/h3,5,7H,1-2,4,6H2. The van der Waals surface area contributed by atoms with Crippen LogP contribution in [0.15, 0.2) is 12.1 Å². The predicted molar refractivity (Wildman–Crippen MR) is 34.9 cm³/mol. The van der Waals surface area contributed by atoms with Gasteiger partial charge in [-0.15, -0.1) is 5.98 Å². The molecule has 1 aliphatic heterocycles. The highest BCUT2D eigenvalue weighted by Crippen LogP contribution is 2.04. The van der Waals surface area contributed by atoms with Crippen LogP contribution in [0.1, 0.15) is 19.3 Å². The minimum atomic E-state index is 1.32. The summed E-state index contributed by atoms with van der Waals surface area (Å²) in [7, 11) is 1.32. The molecule has 7 heavy (non-hydrogen) atoms. The second kappa shape index (κ2) is 2.89. The fourth-order valence-corrected chi connectivity index (χ4v) is 0.937. The third-order valence-electron chi connectivity index (χ3n) is 1.41. The van der Waals surface area contributed by atoms with E-state index in [9.17, 15) is 0 Å². The molecule has 0 aromatic rings. The highest BCUT2D eigenvalue weighted by Gasteiger charge is 1.90. The van der Waals surface area contributed by atoms with E-state index in [-0.39, 0.29) is 0 Å². The highest BCUT2D eigenvalue weighted by molar-refractivity contribution is 6.41. The van der Waals surface area contributed by atoms with Gasteiger partial charge in [0.15, 0.2) is 0 Å². The quantitative estimate of drug-likeness (QED) is 0.399. The van der Waals surface area contributed by atoms with Crippen molar-refractivity contribution in [2.75, 3.05) is 0 Å². The van der Waals surface area contributed by atoms with Crippen LogP contribution >= 0.6 is 0 Å². The molecule has 0 bridgehead atoms. The third kappa shape index (κ3) is 1.81. The van der Waals surface area contributed by atoms with E-state index >= 15 is 0 Å². The highest BCUT2D eigenvalue weighted by atomic mass is 13.9. The largest absolute Gasteiger partial charge is 0.147 e. The van der Waals surface area contributed by atoms with Gasteiger partial charge in [-0.25, -0.2) is 0 Å². The molecule has 1 rings (SSSR count). The minimum Gasteiger partial charge on any atom is -0.123 e. The fraction of sp³-hybridized carbons (Fsp3) is 0.667. The molecule has 0 aliphatic carbocycles. The zero-order valence-corrected chi connectivity index (χ0v) is 4.69. The van der Waals surface area contributed by atoms with E-state index in [0.717, 1.165) is 0 Å². The predicted octanol–water partition coefficient (Wildman–Crippen LogP) is 1.54. The van der Waals surface area contributed by atoms with Crippen LogP contribution in [0.3, 0.4) is 0 Å². The lowest BCUT2D eigenvalue weighted by molar-refractivity contribution is 0.819. The Bertz CT molecular complexity index is 58.6. The lowest BCUT2D eigenvalue weighted by atomic mass is 9.74. The van der Waals surface area contributed by atoms with E-state index in [1.165, 1.54) is 32.9 Å². The Morgan fingerprint density at radius 3 is 3.29 bits per heavy atom. The molecular weight excluding hydrogens is 82.9 g/mol. The van der Waals surface area contributed by atoms with Gasteiger partial charge < -0.3 is 0 Å². The number of allylic oxidation sites excluding steroid dienone is 1. The molecule has 0 fully saturated rings. The Labute approximate surface area is 45.9 Å². The topological polar surface area (TPSA) is 0 Å². The van der Waals surface area contributed by atoms with Gasteiger partial charge in [0, 0.05) is 0 Å². The second-order valence-electron chi connectivity index (χ2n) is 2.11. The second-order valence-corrected chi connectivity index (χ2v) is 2.11. The molecule has 0 radical (unpaired) electrons. The summed E-state index contributed by atoms with van der Waals surface area (Å²) in [5.74, 6) is 2.30. The van der Waals surface area contributed by atoms with Crippen molar-refractivity contribution < 1.29 is 0 Å². The molecule has 0 atom stereocenters. The summed E-state index contributed by atoms with van der Waals surface area (Å²) in [5.41, 5.74) is 0. The van der Waals surface area contributed by atoms with E-state index in [4.69, 9.17) is 0 Å².